The Morgan fingerprint density at radius 1 is 1.67 bits per heavy atom. The number of oxime groups is 1. The van der Waals surface area contributed by atoms with Gasteiger partial charge < -0.3 is 16.3 Å². The average molecular weight is 274 g/mol. The Hall–Kier alpha value is -1.82. The third kappa shape index (κ3) is 3.33. The summed E-state index contributed by atoms with van der Waals surface area (Å²) in [5, 5.41) is 13.8. The zero-order valence-electron chi connectivity index (χ0n) is 9.65. The second-order valence-corrected chi connectivity index (χ2v) is 4.01. The number of nitrogens with one attached hydrogen (secondary N) is 1. The van der Waals surface area contributed by atoms with Crippen LogP contribution in [-0.2, 0) is 4.79 Å². The Morgan fingerprint density at radius 2 is 2.33 bits per heavy atom. The molecule has 0 saturated carbocycles. The molecule has 4 N–H and O–H groups in total. The largest absolute Gasteiger partial charge is 0.409 e. The Morgan fingerprint density at radius 3 is 2.83 bits per heavy atom. The van der Waals surface area contributed by atoms with Gasteiger partial charge >= 0.3 is 0 Å². The van der Waals surface area contributed by atoms with E-state index in [1.807, 2.05) is 0 Å². The van der Waals surface area contributed by atoms with Crippen molar-refractivity contribution in [2.45, 2.75) is 13.3 Å². The van der Waals surface area contributed by atoms with Crippen molar-refractivity contribution in [1.29, 1.82) is 0 Å². The SMILES string of the molecule is CCC(C(=O)Nc1ccc(F)c(Cl)c1)/C(N)=N/O. The van der Waals surface area contributed by atoms with Crippen molar-refractivity contribution in [3.05, 3.63) is 29.0 Å². The van der Waals surface area contributed by atoms with Gasteiger partial charge in [0, 0.05) is 5.69 Å². The fourth-order valence-electron chi connectivity index (χ4n) is 1.40. The van der Waals surface area contributed by atoms with Crippen LogP contribution in [0.2, 0.25) is 5.02 Å². The predicted molar refractivity (Wildman–Crippen MR) is 67.2 cm³/mol. The van der Waals surface area contributed by atoms with Crippen molar-refractivity contribution in [2.24, 2.45) is 16.8 Å². The van der Waals surface area contributed by atoms with E-state index in [1.165, 1.54) is 12.1 Å². The van der Waals surface area contributed by atoms with Gasteiger partial charge in [-0.25, -0.2) is 4.39 Å². The van der Waals surface area contributed by atoms with Crippen LogP contribution in [0.3, 0.4) is 0 Å². The van der Waals surface area contributed by atoms with Crippen LogP contribution in [0.15, 0.2) is 23.4 Å². The van der Waals surface area contributed by atoms with E-state index in [0.29, 0.717) is 12.1 Å². The number of nitrogens with two attached hydrogens (primary N) is 1. The normalized spacial score (nSPS) is 13.2. The highest BCUT2D eigenvalue weighted by Crippen LogP contribution is 2.20. The molecule has 98 valence electrons. The van der Waals surface area contributed by atoms with Crippen LogP contribution < -0.4 is 11.1 Å². The summed E-state index contributed by atoms with van der Waals surface area (Å²) >= 11 is 5.59. The molecule has 18 heavy (non-hydrogen) atoms. The first-order valence-electron chi connectivity index (χ1n) is 5.23. The van der Waals surface area contributed by atoms with Gasteiger partial charge in [-0.3, -0.25) is 4.79 Å². The van der Waals surface area contributed by atoms with Gasteiger partial charge in [-0.1, -0.05) is 23.7 Å². The number of carbonyl (C=O) groups is 1. The molecule has 1 amide bonds. The monoisotopic (exact) mass is 273 g/mol. The number of rotatable bonds is 4. The number of nitrogens with zero attached hydrogens (tertiary/aromatic N) is 1. The lowest BCUT2D eigenvalue weighted by molar-refractivity contribution is -0.118. The number of benzene rings is 1. The van der Waals surface area contributed by atoms with Crippen LogP contribution in [0.5, 0.6) is 0 Å². The van der Waals surface area contributed by atoms with E-state index >= 15 is 0 Å². The molecule has 0 aliphatic rings. The lowest BCUT2D eigenvalue weighted by Gasteiger charge is -2.13. The van der Waals surface area contributed by atoms with E-state index < -0.39 is 17.6 Å². The first-order chi connectivity index (χ1) is 8.49. The Bertz CT molecular complexity index is 479. The minimum absolute atomic E-state index is 0.0929. The molecule has 5 nitrogen and oxygen atoms in total. The number of hydrogen-bond donors (Lipinski definition) is 3. The number of halogens is 2. The minimum Gasteiger partial charge on any atom is -0.409 e. The fraction of sp³-hybridized carbons (Fsp3) is 0.273. The third-order valence-electron chi connectivity index (χ3n) is 2.38. The number of carbonyl (C=O) groups excluding carboxylic acids is 1. The van der Waals surface area contributed by atoms with E-state index in [2.05, 4.69) is 10.5 Å². The molecule has 0 aliphatic heterocycles. The van der Waals surface area contributed by atoms with Crippen LogP contribution in [0.1, 0.15) is 13.3 Å². The molecule has 1 atom stereocenters. The summed E-state index contributed by atoms with van der Waals surface area (Å²) in [6.45, 7) is 1.72. The molecule has 0 spiro atoms. The van der Waals surface area contributed by atoms with Crippen LogP contribution in [-0.4, -0.2) is 17.0 Å². The van der Waals surface area contributed by atoms with Crippen molar-refractivity contribution >= 4 is 29.0 Å². The van der Waals surface area contributed by atoms with E-state index in [9.17, 15) is 9.18 Å². The maximum Gasteiger partial charge on any atom is 0.235 e. The van der Waals surface area contributed by atoms with Crippen molar-refractivity contribution in [3.8, 4) is 0 Å². The van der Waals surface area contributed by atoms with Gasteiger partial charge in [0.1, 0.15) is 5.82 Å². The Labute approximate surface area is 108 Å². The lowest BCUT2D eigenvalue weighted by Crippen LogP contribution is -2.34. The quantitative estimate of drug-likeness (QED) is 0.340. The highest BCUT2D eigenvalue weighted by molar-refractivity contribution is 6.31. The van der Waals surface area contributed by atoms with Gasteiger partial charge in [-0.15, -0.1) is 0 Å². The van der Waals surface area contributed by atoms with Gasteiger partial charge in [0.15, 0.2) is 5.84 Å². The molecule has 1 aromatic carbocycles. The smallest absolute Gasteiger partial charge is 0.235 e. The number of hydrogen-bond acceptors (Lipinski definition) is 3. The molecule has 1 rings (SSSR count). The molecule has 1 aromatic rings. The molecule has 0 fully saturated rings. The molecule has 1 unspecified atom stereocenters. The summed E-state index contributed by atoms with van der Waals surface area (Å²) in [7, 11) is 0. The van der Waals surface area contributed by atoms with Crippen LogP contribution >= 0.6 is 11.6 Å². The van der Waals surface area contributed by atoms with Crippen molar-refractivity contribution in [2.75, 3.05) is 5.32 Å². The molecular formula is C11H13ClFN3O2. The molecule has 0 heterocycles. The van der Waals surface area contributed by atoms with Gasteiger partial charge in [0.2, 0.25) is 5.91 Å². The Kier molecular flexibility index (Phi) is 4.91. The zero-order valence-corrected chi connectivity index (χ0v) is 10.4. The zero-order chi connectivity index (χ0) is 13.7. The molecular weight excluding hydrogens is 261 g/mol. The van der Waals surface area contributed by atoms with Crippen LogP contribution in [0, 0.1) is 11.7 Å². The van der Waals surface area contributed by atoms with E-state index in [1.54, 1.807) is 6.92 Å². The third-order valence-corrected chi connectivity index (χ3v) is 2.67. The van der Waals surface area contributed by atoms with Gasteiger partial charge in [0.25, 0.3) is 0 Å². The van der Waals surface area contributed by atoms with Gasteiger partial charge in [-0.2, -0.15) is 0 Å². The molecule has 0 radical (unpaired) electrons. The summed E-state index contributed by atoms with van der Waals surface area (Å²) < 4.78 is 12.9. The van der Waals surface area contributed by atoms with E-state index in [-0.39, 0.29) is 10.9 Å². The predicted octanol–water partition coefficient (Wildman–Crippen LogP) is 2.19. The first-order valence-corrected chi connectivity index (χ1v) is 5.60. The number of anilines is 1. The molecule has 0 aliphatic carbocycles. The van der Waals surface area contributed by atoms with Crippen LogP contribution in [0.25, 0.3) is 0 Å². The topological polar surface area (TPSA) is 87.7 Å². The highest BCUT2D eigenvalue weighted by Gasteiger charge is 2.21. The van der Waals surface area contributed by atoms with Crippen molar-refractivity contribution in [3.63, 3.8) is 0 Å². The number of amidine groups is 1. The molecule has 7 heteroatoms. The lowest BCUT2D eigenvalue weighted by atomic mass is 10.0. The molecule has 0 saturated heterocycles. The molecule has 0 aromatic heterocycles. The summed E-state index contributed by atoms with van der Waals surface area (Å²) in [4.78, 5) is 11.8. The van der Waals surface area contributed by atoms with Crippen molar-refractivity contribution in [1.82, 2.24) is 0 Å². The summed E-state index contributed by atoms with van der Waals surface area (Å²) in [6.07, 6.45) is 0.372. The van der Waals surface area contributed by atoms with Crippen LogP contribution in [0.4, 0.5) is 10.1 Å². The maximum absolute atomic E-state index is 12.9. The Balaban J connectivity index is 2.83. The highest BCUT2D eigenvalue weighted by atomic mass is 35.5. The van der Waals surface area contributed by atoms with Crippen molar-refractivity contribution < 1.29 is 14.4 Å². The van der Waals surface area contributed by atoms with Gasteiger partial charge in [0.05, 0.1) is 10.9 Å². The standard InChI is InChI=1S/C11H13ClFN3O2/c1-2-7(10(14)16-18)11(17)15-6-3-4-9(13)8(12)5-6/h3-5,7,18H,2H2,1H3,(H2,14,16)(H,15,17). The first kappa shape index (κ1) is 14.2. The number of amides is 1. The van der Waals surface area contributed by atoms with E-state index in [0.717, 1.165) is 6.07 Å². The van der Waals surface area contributed by atoms with Gasteiger partial charge in [-0.05, 0) is 24.6 Å². The van der Waals surface area contributed by atoms with E-state index in [4.69, 9.17) is 22.5 Å². The second-order valence-electron chi connectivity index (χ2n) is 3.60. The second kappa shape index (κ2) is 6.20. The average Bonchev–Trinajstić information content (AvgIpc) is 2.34. The minimum atomic E-state index is -0.751. The summed E-state index contributed by atoms with van der Waals surface area (Å²) in [5.74, 6) is -1.95. The maximum atomic E-state index is 12.9. The fourth-order valence-corrected chi connectivity index (χ4v) is 1.58. The summed E-state index contributed by atoms with van der Waals surface area (Å²) in [5.41, 5.74) is 5.73. The summed E-state index contributed by atoms with van der Waals surface area (Å²) in [6, 6.07) is 3.80. The molecule has 0 bridgehead atoms.